The van der Waals surface area contributed by atoms with Gasteiger partial charge in [-0.1, -0.05) is 40.5 Å². The lowest BCUT2D eigenvalue weighted by molar-refractivity contribution is -0.128. The molecule has 3 saturated carbocycles. The second-order valence-corrected chi connectivity index (χ2v) is 14.0. The summed E-state index contributed by atoms with van der Waals surface area (Å²) in [6, 6.07) is 0. The summed E-state index contributed by atoms with van der Waals surface area (Å²) in [5.74, 6) is 0.717. The maximum atomic E-state index is 12.0. The van der Waals surface area contributed by atoms with Crippen LogP contribution in [-0.2, 0) is 30.6 Å². The molecule has 7 heteroatoms. The largest absolute Gasteiger partial charge is 0.747 e. The van der Waals surface area contributed by atoms with Gasteiger partial charge in [-0.15, -0.1) is 0 Å². The maximum Gasteiger partial charge on any atom is 0.181 e. The van der Waals surface area contributed by atoms with E-state index < -0.39 is 20.8 Å². The number of unbranched alkanes of at least 4 members (excludes halogenated alkanes) is 1. The van der Waals surface area contributed by atoms with Gasteiger partial charge in [0.2, 0.25) is 0 Å². The molecule has 0 heterocycles. The second-order valence-electron chi connectivity index (χ2n) is 10.2. The van der Waals surface area contributed by atoms with E-state index in [0.29, 0.717) is 29.5 Å². The van der Waals surface area contributed by atoms with Crippen LogP contribution in [-0.4, -0.2) is 47.0 Å². The van der Waals surface area contributed by atoms with Crippen molar-refractivity contribution in [1.29, 1.82) is 0 Å². The van der Waals surface area contributed by atoms with Gasteiger partial charge in [-0.25, -0.2) is 8.42 Å². The summed E-state index contributed by atoms with van der Waals surface area (Å²) in [6.45, 7) is 7.74. The Hall–Kier alpha value is -0.400. The monoisotopic (exact) mass is 460 g/mol. The molecule has 0 aromatic rings. The predicted octanol–water partition coefficient (Wildman–Crippen LogP) is 4.25. The number of fused-ring (bicyclic) bond motifs is 2. The normalized spacial score (nSPS) is 31.9. The van der Waals surface area contributed by atoms with Crippen molar-refractivity contribution in [3.05, 3.63) is 0 Å². The fourth-order valence-corrected chi connectivity index (χ4v) is 9.05. The van der Waals surface area contributed by atoms with E-state index in [2.05, 4.69) is 13.2 Å². The molecule has 4 unspecified atom stereocenters. The average Bonchev–Trinajstić information content (AvgIpc) is 2.99. The van der Waals surface area contributed by atoms with Crippen LogP contribution in [0.2, 0.25) is 0 Å². The first kappa shape index (κ1) is 25.9. The van der Waals surface area contributed by atoms with Crippen LogP contribution >= 0.6 is 0 Å². The molecule has 0 N–H and O–H groups in total. The molecule has 4 atom stereocenters. The highest BCUT2D eigenvalue weighted by Crippen LogP contribution is 2.64. The van der Waals surface area contributed by atoms with Crippen LogP contribution in [0, 0.1) is 16.7 Å². The molecule has 0 spiro atoms. The first-order valence-electron chi connectivity index (χ1n) is 11.5. The zero-order valence-corrected chi connectivity index (χ0v) is 21.0. The topological polar surface area (TPSA) is 91.3 Å². The number of hydrogen-bond acceptors (Lipinski definition) is 5. The summed E-state index contributed by atoms with van der Waals surface area (Å²) in [7, 11) is -4.13. The van der Waals surface area contributed by atoms with Crippen molar-refractivity contribution in [2.24, 2.45) is 16.7 Å². The van der Waals surface area contributed by atoms with E-state index in [-0.39, 0.29) is 17.1 Å². The van der Waals surface area contributed by atoms with Crippen molar-refractivity contribution in [2.45, 2.75) is 102 Å². The molecular formula is C23H40O5S2. The molecule has 0 saturated heterocycles. The van der Waals surface area contributed by atoms with E-state index in [1.54, 1.807) is 6.92 Å². The molecule has 0 aromatic heterocycles. The zero-order valence-electron chi connectivity index (χ0n) is 19.4. The molecule has 0 radical (unpaired) electrons. The van der Waals surface area contributed by atoms with Crippen molar-refractivity contribution in [2.75, 3.05) is 12.0 Å². The van der Waals surface area contributed by atoms with Crippen LogP contribution in [0.4, 0.5) is 0 Å². The summed E-state index contributed by atoms with van der Waals surface area (Å²) in [6.07, 6.45) is 13.7. The average molecular weight is 461 g/mol. The van der Waals surface area contributed by atoms with Crippen LogP contribution in [0.25, 0.3) is 0 Å². The third kappa shape index (κ3) is 5.32. The molecule has 174 valence electrons. The molecular weight excluding hydrogens is 420 g/mol. The number of hydrogen-bond donors (Lipinski definition) is 0. The summed E-state index contributed by atoms with van der Waals surface area (Å²) >= 11 is 0. The van der Waals surface area contributed by atoms with E-state index >= 15 is 0 Å². The van der Waals surface area contributed by atoms with Crippen molar-refractivity contribution >= 4 is 32.6 Å². The van der Waals surface area contributed by atoms with Crippen LogP contribution in [0.5, 0.6) is 0 Å². The van der Waals surface area contributed by atoms with Gasteiger partial charge in [-0.2, -0.15) is 0 Å². The Kier molecular flexibility index (Phi) is 8.65. The molecule has 3 aliphatic carbocycles. The van der Waals surface area contributed by atoms with Gasteiger partial charge in [0.05, 0.1) is 6.26 Å². The van der Waals surface area contributed by atoms with Crippen molar-refractivity contribution in [3.8, 4) is 0 Å². The SMILES string of the molecule is CC12CCC(C(S(=O)(=O)[O-])C1=O)C2(C)C.CCCCC(=O)C[S+](C)C1CCCCC1. The summed E-state index contributed by atoms with van der Waals surface area (Å²) in [4.78, 5) is 23.6. The van der Waals surface area contributed by atoms with Gasteiger partial charge in [-0.05, 0) is 67.2 Å². The maximum absolute atomic E-state index is 12.0. The van der Waals surface area contributed by atoms with Gasteiger partial charge in [0, 0.05) is 11.8 Å². The molecule has 0 aromatic carbocycles. The molecule has 3 fully saturated rings. The molecule has 3 rings (SSSR count). The Balaban J connectivity index is 0.000000214. The lowest BCUT2D eigenvalue weighted by atomic mass is 9.70. The molecule has 3 aliphatic rings. The number of Topliss-reactive ketones (excluding diaryl/α,β-unsaturated/α-hetero) is 2. The zero-order chi connectivity index (χ0) is 22.7. The van der Waals surface area contributed by atoms with E-state index in [4.69, 9.17) is 0 Å². The first-order valence-corrected chi connectivity index (χ1v) is 14.8. The van der Waals surface area contributed by atoms with Crippen molar-refractivity contribution in [1.82, 2.24) is 0 Å². The molecule has 0 amide bonds. The van der Waals surface area contributed by atoms with Crippen LogP contribution in [0.15, 0.2) is 0 Å². The minimum Gasteiger partial charge on any atom is -0.747 e. The highest BCUT2D eigenvalue weighted by molar-refractivity contribution is 7.97. The fourth-order valence-electron chi connectivity index (χ4n) is 5.62. The van der Waals surface area contributed by atoms with Gasteiger partial charge < -0.3 is 4.55 Å². The van der Waals surface area contributed by atoms with Crippen LogP contribution < -0.4 is 0 Å². The smallest absolute Gasteiger partial charge is 0.181 e. The third-order valence-electron chi connectivity index (χ3n) is 8.10. The van der Waals surface area contributed by atoms with E-state index in [1.807, 2.05) is 13.8 Å². The number of carbonyl (C=O) groups excluding carboxylic acids is 2. The lowest BCUT2D eigenvalue weighted by Crippen LogP contribution is -2.38. The van der Waals surface area contributed by atoms with Crippen molar-refractivity contribution in [3.63, 3.8) is 0 Å². The van der Waals surface area contributed by atoms with Gasteiger partial charge in [0.1, 0.15) is 20.6 Å². The van der Waals surface area contributed by atoms with E-state index in [0.717, 1.165) is 30.3 Å². The fraction of sp³-hybridized carbons (Fsp3) is 0.913. The predicted molar refractivity (Wildman–Crippen MR) is 123 cm³/mol. The van der Waals surface area contributed by atoms with Crippen LogP contribution in [0.1, 0.15) is 91.9 Å². The number of rotatable bonds is 7. The first-order chi connectivity index (χ1) is 13.9. The Morgan fingerprint density at radius 3 is 2.17 bits per heavy atom. The van der Waals surface area contributed by atoms with Gasteiger partial charge in [0.15, 0.2) is 17.3 Å². The summed E-state index contributed by atoms with van der Waals surface area (Å²) in [5, 5.41) is -0.435. The lowest BCUT2D eigenvalue weighted by Gasteiger charge is -2.32. The Morgan fingerprint density at radius 1 is 1.13 bits per heavy atom. The number of ketones is 2. The quantitative estimate of drug-likeness (QED) is 0.418. The van der Waals surface area contributed by atoms with E-state index in [1.165, 1.54) is 32.1 Å². The summed E-state index contributed by atoms with van der Waals surface area (Å²) < 4.78 is 33.3. The van der Waals surface area contributed by atoms with E-state index in [9.17, 15) is 22.6 Å². The second kappa shape index (κ2) is 10.0. The Morgan fingerprint density at radius 2 is 1.73 bits per heavy atom. The summed E-state index contributed by atoms with van der Waals surface area (Å²) in [5.41, 5.74) is -0.994. The van der Waals surface area contributed by atoms with Crippen molar-refractivity contribution < 1.29 is 22.6 Å². The van der Waals surface area contributed by atoms with Gasteiger partial charge >= 0.3 is 0 Å². The van der Waals surface area contributed by atoms with Gasteiger partial charge in [-0.3, -0.25) is 9.59 Å². The minimum absolute atomic E-state index is 0.294. The van der Waals surface area contributed by atoms with Gasteiger partial charge in [0.25, 0.3) is 0 Å². The molecule has 2 bridgehead atoms. The molecule has 30 heavy (non-hydrogen) atoms. The Labute approximate surface area is 186 Å². The highest BCUT2D eigenvalue weighted by Gasteiger charge is 2.67. The Bertz CT molecular complexity index is 724. The highest BCUT2D eigenvalue weighted by atomic mass is 32.2. The molecule has 5 nitrogen and oxygen atoms in total. The minimum atomic E-state index is -4.49. The standard InChI is InChI=1S/C13H25OS.C10H16O4S/c1-3-4-8-12(14)11-15(2)13-9-6-5-7-10-13;1-9(2)6-4-5-10(9,3)8(11)7(6)15(12,13)14/h13H,3-11H2,1-2H3;6-7H,4-5H2,1-3H3,(H,12,13,14)/q+1;/p-1. The third-order valence-corrected chi connectivity index (χ3v) is 11.7. The molecule has 0 aliphatic heterocycles. The van der Waals surface area contributed by atoms with Crippen LogP contribution in [0.3, 0.4) is 0 Å². The number of carbonyl (C=O) groups is 2.